The molecule has 134 valence electrons. The molecule has 2 rings (SSSR count). The highest BCUT2D eigenvalue weighted by Crippen LogP contribution is 2.28. The molecule has 6 nitrogen and oxygen atoms in total. The molecule has 0 atom stereocenters. The topological polar surface area (TPSA) is 83.6 Å². The zero-order valence-corrected chi connectivity index (χ0v) is 15.0. The van der Waals surface area contributed by atoms with Crippen LogP contribution < -0.4 is 0 Å². The van der Waals surface area contributed by atoms with E-state index in [0.29, 0.717) is 29.6 Å². The Morgan fingerprint density at radius 2 is 2.04 bits per heavy atom. The Labute approximate surface area is 151 Å². The Morgan fingerprint density at radius 1 is 1.32 bits per heavy atom. The standard InChI is InChI=1S/C18H21ClN2O4/c1-12(2)10-21(11-18(23)24)17(22)8-7-16-20-9-15(25-16)13-5-3-4-6-14(13)19/h3-6,9,12H,7-8,10-11H2,1-2H3,(H,23,24). The Hall–Kier alpha value is -2.34. The molecule has 0 spiro atoms. The predicted molar refractivity (Wildman–Crippen MR) is 94.3 cm³/mol. The van der Waals surface area contributed by atoms with Gasteiger partial charge in [-0.15, -0.1) is 0 Å². The van der Waals surface area contributed by atoms with Crippen LogP contribution in [0.5, 0.6) is 0 Å². The number of hydrogen-bond donors (Lipinski definition) is 1. The van der Waals surface area contributed by atoms with E-state index in [9.17, 15) is 9.59 Å². The number of carboxylic acids is 1. The number of hydrogen-bond acceptors (Lipinski definition) is 4. The summed E-state index contributed by atoms with van der Waals surface area (Å²) in [6.45, 7) is 3.98. The third-order valence-corrected chi connectivity index (χ3v) is 3.84. The molecule has 1 N–H and O–H groups in total. The zero-order chi connectivity index (χ0) is 18.4. The third-order valence-electron chi connectivity index (χ3n) is 3.51. The zero-order valence-electron chi connectivity index (χ0n) is 14.2. The summed E-state index contributed by atoms with van der Waals surface area (Å²) in [6.07, 6.45) is 2.02. The average Bonchev–Trinajstić information content (AvgIpc) is 3.00. The molecule has 0 saturated carbocycles. The molecule has 0 radical (unpaired) electrons. The Kier molecular flexibility index (Phi) is 6.58. The number of rotatable bonds is 8. The molecule has 0 aliphatic heterocycles. The number of aryl methyl sites for hydroxylation is 1. The second kappa shape index (κ2) is 8.67. The smallest absolute Gasteiger partial charge is 0.323 e. The number of nitrogens with zero attached hydrogens (tertiary/aromatic N) is 2. The minimum Gasteiger partial charge on any atom is -0.480 e. The van der Waals surface area contributed by atoms with E-state index < -0.39 is 5.97 Å². The highest BCUT2D eigenvalue weighted by molar-refractivity contribution is 6.33. The number of amides is 1. The van der Waals surface area contributed by atoms with Crippen molar-refractivity contribution < 1.29 is 19.1 Å². The van der Waals surface area contributed by atoms with Gasteiger partial charge in [-0.05, 0) is 18.1 Å². The van der Waals surface area contributed by atoms with E-state index in [1.54, 1.807) is 12.3 Å². The van der Waals surface area contributed by atoms with Crippen molar-refractivity contribution in [2.45, 2.75) is 26.7 Å². The van der Waals surface area contributed by atoms with Crippen LogP contribution in [-0.2, 0) is 16.0 Å². The van der Waals surface area contributed by atoms with Gasteiger partial charge in [0, 0.05) is 24.9 Å². The van der Waals surface area contributed by atoms with Crippen LogP contribution in [0.3, 0.4) is 0 Å². The fraction of sp³-hybridized carbons (Fsp3) is 0.389. The van der Waals surface area contributed by atoms with E-state index in [2.05, 4.69) is 4.98 Å². The quantitative estimate of drug-likeness (QED) is 0.775. The molecule has 2 aromatic rings. The first-order valence-corrected chi connectivity index (χ1v) is 8.43. The first-order chi connectivity index (χ1) is 11.9. The van der Waals surface area contributed by atoms with Gasteiger partial charge in [-0.1, -0.05) is 37.6 Å². The Bertz CT molecular complexity index is 742. The molecule has 1 heterocycles. The van der Waals surface area contributed by atoms with Crippen molar-refractivity contribution in [1.82, 2.24) is 9.88 Å². The maximum Gasteiger partial charge on any atom is 0.323 e. The number of halogens is 1. The first-order valence-electron chi connectivity index (χ1n) is 8.06. The molecule has 0 bridgehead atoms. The normalized spacial score (nSPS) is 10.9. The number of carbonyl (C=O) groups excluding carboxylic acids is 1. The third kappa shape index (κ3) is 5.60. The molecule has 1 aromatic carbocycles. The first kappa shape index (κ1) is 19.0. The van der Waals surface area contributed by atoms with Crippen molar-refractivity contribution in [3.05, 3.63) is 41.4 Å². The van der Waals surface area contributed by atoms with Crippen LogP contribution in [0.25, 0.3) is 11.3 Å². The molecule has 0 saturated heterocycles. The van der Waals surface area contributed by atoms with Crippen molar-refractivity contribution in [2.75, 3.05) is 13.1 Å². The summed E-state index contributed by atoms with van der Waals surface area (Å²) in [4.78, 5) is 28.7. The van der Waals surface area contributed by atoms with Crippen LogP contribution in [0.2, 0.25) is 5.02 Å². The van der Waals surface area contributed by atoms with Gasteiger partial charge in [0.05, 0.1) is 11.2 Å². The summed E-state index contributed by atoms with van der Waals surface area (Å²) in [5.74, 6) is -0.0997. The van der Waals surface area contributed by atoms with Gasteiger partial charge in [-0.3, -0.25) is 9.59 Å². The van der Waals surface area contributed by atoms with Crippen molar-refractivity contribution in [1.29, 1.82) is 0 Å². The fourth-order valence-corrected chi connectivity index (χ4v) is 2.67. The maximum absolute atomic E-state index is 12.3. The van der Waals surface area contributed by atoms with Gasteiger partial charge in [0.15, 0.2) is 11.7 Å². The van der Waals surface area contributed by atoms with Crippen LogP contribution in [0, 0.1) is 5.92 Å². The lowest BCUT2D eigenvalue weighted by atomic mass is 10.2. The Balaban J connectivity index is 1.99. The van der Waals surface area contributed by atoms with Crippen LogP contribution in [-0.4, -0.2) is 40.0 Å². The lowest BCUT2D eigenvalue weighted by Gasteiger charge is -2.22. The maximum atomic E-state index is 12.3. The SMILES string of the molecule is CC(C)CN(CC(=O)O)C(=O)CCc1ncc(-c2ccccc2Cl)o1. The minimum atomic E-state index is -1.02. The summed E-state index contributed by atoms with van der Waals surface area (Å²) in [5, 5.41) is 9.51. The second-order valence-electron chi connectivity index (χ2n) is 6.16. The van der Waals surface area contributed by atoms with E-state index in [1.165, 1.54) is 4.90 Å². The minimum absolute atomic E-state index is 0.141. The number of benzene rings is 1. The molecule has 0 aliphatic rings. The lowest BCUT2D eigenvalue weighted by Crippen LogP contribution is -2.38. The molecular formula is C18H21ClN2O4. The highest BCUT2D eigenvalue weighted by Gasteiger charge is 2.19. The summed E-state index contributed by atoms with van der Waals surface area (Å²) >= 11 is 6.13. The summed E-state index contributed by atoms with van der Waals surface area (Å²) in [7, 11) is 0. The summed E-state index contributed by atoms with van der Waals surface area (Å²) in [6, 6.07) is 7.27. The number of oxazole rings is 1. The van der Waals surface area contributed by atoms with E-state index in [1.807, 2.05) is 32.0 Å². The molecule has 0 fully saturated rings. The fourth-order valence-electron chi connectivity index (χ4n) is 2.44. The van der Waals surface area contributed by atoms with Gasteiger partial charge in [-0.2, -0.15) is 0 Å². The molecular weight excluding hydrogens is 344 g/mol. The lowest BCUT2D eigenvalue weighted by molar-refractivity contribution is -0.144. The van der Waals surface area contributed by atoms with Crippen LogP contribution >= 0.6 is 11.6 Å². The number of aliphatic carboxylic acids is 1. The molecule has 1 amide bonds. The predicted octanol–water partition coefficient (Wildman–Crippen LogP) is 3.50. The van der Waals surface area contributed by atoms with Gasteiger partial charge in [0.25, 0.3) is 0 Å². The molecule has 25 heavy (non-hydrogen) atoms. The van der Waals surface area contributed by atoms with Gasteiger partial charge in [-0.25, -0.2) is 4.98 Å². The van der Waals surface area contributed by atoms with Crippen molar-refractivity contribution >= 4 is 23.5 Å². The molecule has 0 aliphatic carbocycles. The van der Waals surface area contributed by atoms with Crippen molar-refractivity contribution in [3.8, 4) is 11.3 Å². The van der Waals surface area contributed by atoms with Gasteiger partial charge in [0.1, 0.15) is 6.54 Å². The molecule has 1 aromatic heterocycles. The van der Waals surface area contributed by atoms with E-state index in [-0.39, 0.29) is 24.8 Å². The number of aromatic nitrogens is 1. The monoisotopic (exact) mass is 364 g/mol. The van der Waals surface area contributed by atoms with Gasteiger partial charge in [0.2, 0.25) is 5.91 Å². The van der Waals surface area contributed by atoms with Crippen molar-refractivity contribution in [3.63, 3.8) is 0 Å². The number of carbonyl (C=O) groups is 2. The Morgan fingerprint density at radius 3 is 2.68 bits per heavy atom. The van der Waals surface area contributed by atoms with Crippen LogP contribution in [0.4, 0.5) is 0 Å². The van der Waals surface area contributed by atoms with Crippen molar-refractivity contribution in [2.24, 2.45) is 5.92 Å². The highest BCUT2D eigenvalue weighted by atomic mass is 35.5. The average molecular weight is 365 g/mol. The molecule has 7 heteroatoms. The molecule has 0 unspecified atom stereocenters. The summed E-state index contributed by atoms with van der Waals surface area (Å²) < 4.78 is 5.66. The number of carboxylic acid groups (broad SMARTS) is 1. The van der Waals surface area contributed by atoms with E-state index >= 15 is 0 Å². The van der Waals surface area contributed by atoms with E-state index in [4.69, 9.17) is 21.1 Å². The van der Waals surface area contributed by atoms with E-state index in [0.717, 1.165) is 5.56 Å². The van der Waals surface area contributed by atoms with Gasteiger partial charge < -0.3 is 14.4 Å². The summed E-state index contributed by atoms with van der Waals surface area (Å²) in [5.41, 5.74) is 0.738. The second-order valence-corrected chi connectivity index (χ2v) is 6.57. The largest absolute Gasteiger partial charge is 0.480 e. The van der Waals surface area contributed by atoms with Crippen LogP contribution in [0.15, 0.2) is 34.9 Å². The van der Waals surface area contributed by atoms with Gasteiger partial charge >= 0.3 is 5.97 Å². The van der Waals surface area contributed by atoms with Crippen LogP contribution in [0.1, 0.15) is 26.2 Å².